The standard InChI is InChI=1S/C19H20N4O3S/c1-10-11(2)27-17-14(10)19(26)23-7-3-4-13(16(23)21-17)18(25)22-8-5-12(6-9-22)15(20)24/h3-4,7,12H,5-6,8-9H2,1-2H3,(H2,20,24). The zero-order valence-electron chi connectivity index (χ0n) is 15.2. The third-order valence-corrected chi connectivity index (χ3v) is 6.49. The summed E-state index contributed by atoms with van der Waals surface area (Å²) in [6.45, 7) is 4.82. The molecule has 0 saturated carbocycles. The fourth-order valence-corrected chi connectivity index (χ4v) is 4.66. The molecule has 3 aromatic rings. The SMILES string of the molecule is Cc1sc2nc3c(C(=O)N4CCC(C(N)=O)CC4)cccn3c(=O)c2c1C. The molecule has 4 heterocycles. The average molecular weight is 384 g/mol. The van der Waals surface area contributed by atoms with E-state index < -0.39 is 0 Å². The number of aromatic nitrogens is 2. The zero-order chi connectivity index (χ0) is 19.3. The molecule has 0 atom stereocenters. The van der Waals surface area contributed by atoms with Crippen molar-refractivity contribution in [2.24, 2.45) is 11.7 Å². The second-order valence-electron chi connectivity index (χ2n) is 6.96. The van der Waals surface area contributed by atoms with E-state index in [1.54, 1.807) is 23.2 Å². The fraction of sp³-hybridized carbons (Fsp3) is 0.368. The minimum atomic E-state index is -0.314. The number of pyridine rings is 1. The van der Waals surface area contributed by atoms with Crippen molar-refractivity contribution in [2.75, 3.05) is 13.1 Å². The van der Waals surface area contributed by atoms with Gasteiger partial charge < -0.3 is 10.6 Å². The van der Waals surface area contributed by atoms with Crippen LogP contribution < -0.4 is 11.3 Å². The number of piperidine rings is 1. The Morgan fingerprint density at radius 3 is 2.63 bits per heavy atom. The molecule has 1 saturated heterocycles. The van der Waals surface area contributed by atoms with Gasteiger partial charge in [-0.3, -0.25) is 18.8 Å². The van der Waals surface area contributed by atoms with Gasteiger partial charge in [0.05, 0.1) is 10.9 Å². The predicted octanol–water partition coefficient (Wildman–Crippen LogP) is 1.86. The first-order valence-corrected chi connectivity index (χ1v) is 9.69. The maximum atomic E-state index is 13.1. The van der Waals surface area contributed by atoms with E-state index in [4.69, 9.17) is 5.73 Å². The second-order valence-corrected chi connectivity index (χ2v) is 8.17. The number of thiophene rings is 1. The highest BCUT2D eigenvalue weighted by atomic mass is 32.1. The van der Waals surface area contributed by atoms with E-state index in [2.05, 4.69) is 4.98 Å². The van der Waals surface area contributed by atoms with E-state index in [1.807, 2.05) is 13.8 Å². The average Bonchev–Trinajstić information content (AvgIpc) is 2.95. The van der Waals surface area contributed by atoms with Crippen LogP contribution >= 0.6 is 11.3 Å². The summed E-state index contributed by atoms with van der Waals surface area (Å²) in [5.74, 6) is -0.669. The Balaban J connectivity index is 1.78. The van der Waals surface area contributed by atoms with E-state index >= 15 is 0 Å². The molecule has 1 fully saturated rings. The quantitative estimate of drug-likeness (QED) is 0.729. The molecule has 1 aliphatic rings. The van der Waals surface area contributed by atoms with Crippen molar-refractivity contribution >= 4 is 39.0 Å². The van der Waals surface area contributed by atoms with E-state index in [0.717, 1.165) is 10.4 Å². The molecule has 0 unspecified atom stereocenters. The molecule has 27 heavy (non-hydrogen) atoms. The third-order valence-electron chi connectivity index (χ3n) is 5.39. The number of fused-ring (bicyclic) bond motifs is 2. The van der Waals surface area contributed by atoms with Crippen LogP contribution in [0.15, 0.2) is 23.1 Å². The highest BCUT2D eigenvalue weighted by molar-refractivity contribution is 7.18. The van der Waals surface area contributed by atoms with E-state index in [0.29, 0.717) is 47.4 Å². The molecule has 0 aliphatic carbocycles. The van der Waals surface area contributed by atoms with Crippen LogP contribution in [0.1, 0.15) is 33.6 Å². The molecule has 0 aromatic carbocycles. The Morgan fingerprint density at radius 2 is 1.96 bits per heavy atom. The summed E-state index contributed by atoms with van der Waals surface area (Å²) >= 11 is 1.47. The number of carbonyl (C=O) groups excluding carboxylic acids is 2. The molecular formula is C19H20N4O3S. The molecule has 0 radical (unpaired) electrons. The summed E-state index contributed by atoms with van der Waals surface area (Å²) in [6, 6.07) is 3.39. The molecule has 2 N–H and O–H groups in total. The fourth-order valence-electron chi connectivity index (χ4n) is 3.64. The summed E-state index contributed by atoms with van der Waals surface area (Å²) < 4.78 is 1.45. The van der Waals surface area contributed by atoms with Gasteiger partial charge in [0.1, 0.15) is 4.83 Å². The minimum Gasteiger partial charge on any atom is -0.369 e. The first-order valence-electron chi connectivity index (χ1n) is 8.88. The summed E-state index contributed by atoms with van der Waals surface area (Å²) in [4.78, 5) is 45.4. The molecule has 1 aliphatic heterocycles. The molecule has 8 heteroatoms. The van der Waals surface area contributed by atoms with Crippen LogP contribution in [-0.4, -0.2) is 39.2 Å². The Morgan fingerprint density at radius 1 is 1.26 bits per heavy atom. The number of rotatable bonds is 2. The number of amides is 2. The van der Waals surface area contributed by atoms with Crippen molar-refractivity contribution in [3.63, 3.8) is 0 Å². The molecular weight excluding hydrogens is 364 g/mol. The van der Waals surface area contributed by atoms with Gasteiger partial charge in [0.2, 0.25) is 5.91 Å². The highest BCUT2D eigenvalue weighted by Gasteiger charge is 2.28. The number of likely N-dealkylation sites (tertiary alicyclic amines) is 1. The zero-order valence-corrected chi connectivity index (χ0v) is 16.0. The number of nitrogens with zero attached hydrogens (tertiary/aromatic N) is 3. The lowest BCUT2D eigenvalue weighted by molar-refractivity contribution is -0.123. The van der Waals surface area contributed by atoms with E-state index in [9.17, 15) is 14.4 Å². The van der Waals surface area contributed by atoms with Crippen LogP contribution in [0.2, 0.25) is 0 Å². The molecule has 140 valence electrons. The van der Waals surface area contributed by atoms with Crippen LogP contribution in [0.3, 0.4) is 0 Å². The number of aryl methyl sites for hydroxylation is 2. The Labute approximate surface area is 159 Å². The number of hydrogen-bond acceptors (Lipinski definition) is 5. The topological polar surface area (TPSA) is 97.8 Å². The Bertz CT molecular complexity index is 1140. The smallest absolute Gasteiger partial charge is 0.266 e. The highest BCUT2D eigenvalue weighted by Crippen LogP contribution is 2.27. The molecule has 0 spiro atoms. The first-order chi connectivity index (χ1) is 12.9. The number of nitrogens with two attached hydrogens (primary N) is 1. The van der Waals surface area contributed by atoms with Crippen LogP contribution in [0.25, 0.3) is 15.9 Å². The Kier molecular flexibility index (Phi) is 4.22. The summed E-state index contributed by atoms with van der Waals surface area (Å²) in [5, 5.41) is 0.613. The van der Waals surface area contributed by atoms with Crippen molar-refractivity contribution < 1.29 is 9.59 Å². The third kappa shape index (κ3) is 2.80. The predicted molar refractivity (Wildman–Crippen MR) is 104 cm³/mol. The van der Waals surface area contributed by atoms with Gasteiger partial charge in [-0.1, -0.05) is 0 Å². The van der Waals surface area contributed by atoms with Crippen molar-refractivity contribution in [3.05, 3.63) is 44.7 Å². The van der Waals surface area contributed by atoms with Crippen LogP contribution in [0.4, 0.5) is 0 Å². The van der Waals surface area contributed by atoms with Crippen molar-refractivity contribution in [3.8, 4) is 0 Å². The number of primary amides is 1. The number of carbonyl (C=O) groups is 2. The van der Waals surface area contributed by atoms with Gasteiger partial charge >= 0.3 is 0 Å². The van der Waals surface area contributed by atoms with Gasteiger partial charge in [-0.15, -0.1) is 11.3 Å². The van der Waals surface area contributed by atoms with Gasteiger partial charge in [-0.25, -0.2) is 4.98 Å². The van der Waals surface area contributed by atoms with Crippen molar-refractivity contribution in [1.82, 2.24) is 14.3 Å². The molecule has 2 amide bonds. The van der Waals surface area contributed by atoms with Gasteiger partial charge in [0.15, 0.2) is 5.65 Å². The normalized spacial score (nSPS) is 15.6. The summed E-state index contributed by atoms with van der Waals surface area (Å²) in [6.07, 6.45) is 2.77. The molecule has 7 nitrogen and oxygen atoms in total. The molecule has 4 rings (SSSR count). The largest absolute Gasteiger partial charge is 0.369 e. The second kappa shape index (κ2) is 6.45. The lowest BCUT2D eigenvalue weighted by Gasteiger charge is -2.30. The number of hydrogen-bond donors (Lipinski definition) is 1. The van der Waals surface area contributed by atoms with Crippen molar-refractivity contribution in [1.29, 1.82) is 0 Å². The van der Waals surface area contributed by atoms with E-state index in [-0.39, 0.29) is 23.3 Å². The monoisotopic (exact) mass is 384 g/mol. The summed E-state index contributed by atoms with van der Waals surface area (Å²) in [7, 11) is 0. The van der Waals surface area contributed by atoms with Gasteiger partial charge in [-0.2, -0.15) is 0 Å². The lowest BCUT2D eigenvalue weighted by Crippen LogP contribution is -2.42. The van der Waals surface area contributed by atoms with Gasteiger partial charge in [-0.05, 0) is 44.4 Å². The molecule has 0 bridgehead atoms. The molecule has 3 aromatic heterocycles. The summed E-state index contributed by atoms with van der Waals surface area (Å²) in [5.41, 5.74) is 6.93. The maximum Gasteiger partial charge on any atom is 0.266 e. The maximum absolute atomic E-state index is 13.1. The van der Waals surface area contributed by atoms with Crippen LogP contribution in [0, 0.1) is 19.8 Å². The van der Waals surface area contributed by atoms with Crippen LogP contribution in [-0.2, 0) is 4.79 Å². The van der Waals surface area contributed by atoms with Gasteiger partial charge in [0, 0.05) is 30.1 Å². The van der Waals surface area contributed by atoms with Crippen LogP contribution in [0.5, 0.6) is 0 Å². The first kappa shape index (κ1) is 17.7. The lowest BCUT2D eigenvalue weighted by atomic mass is 9.96. The van der Waals surface area contributed by atoms with Crippen molar-refractivity contribution in [2.45, 2.75) is 26.7 Å². The minimum absolute atomic E-state index is 0.154. The van der Waals surface area contributed by atoms with Gasteiger partial charge in [0.25, 0.3) is 11.5 Å². The Hall–Kier alpha value is -2.74. The van der Waals surface area contributed by atoms with E-state index in [1.165, 1.54) is 15.7 Å².